The number of benzene rings is 2. The number of rotatable bonds is 6. The van der Waals surface area contributed by atoms with E-state index < -0.39 is 11.2 Å². The molecule has 22 heavy (non-hydrogen) atoms. The van der Waals surface area contributed by atoms with Gasteiger partial charge in [-0.3, -0.25) is 4.79 Å². The molecule has 116 valence electrons. The standard InChI is InChI=1S/C18H19ClO2S/c1-12(2)14-5-3-13(4-6-14)11-17(18(20)21)22-16-9-7-15(19)8-10-16/h3-10,12,17H,11H2,1-2H3,(H,20,21)/t17-/m1/s1. The van der Waals surface area contributed by atoms with E-state index in [9.17, 15) is 9.90 Å². The maximum atomic E-state index is 11.5. The van der Waals surface area contributed by atoms with Gasteiger partial charge in [0.05, 0.1) is 0 Å². The van der Waals surface area contributed by atoms with E-state index >= 15 is 0 Å². The van der Waals surface area contributed by atoms with Crippen LogP contribution in [0, 0.1) is 0 Å². The van der Waals surface area contributed by atoms with Crippen molar-refractivity contribution in [3.05, 3.63) is 64.7 Å². The van der Waals surface area contributed by atoms with Gasteiger partial charge in [0, 0.05) is 9.92 Å². The number of halogens is 1. The summed E-state index contributed by atoms with van der Waals surface area (Å²) in [5.74, 6) is -0.319. The second kappa shape index (κ2) is 7.70. The monoisotopic (exact) mass is 334 g/mol. The van der Waals surface area contributed by atoms with Gasteiger partial charge in [0.1, 0.15) is 5.25 Å². The van der Waals surface area contributed by atoms with Crippen molar-refractivity contribution in [1.82, 2.24) is 0 Å². The average molecular weight is 335 g/mol. The summed E-state index contributed by atoms with van der Waals surface area (Å²) in [5, 5.41) is 9.59. The normalized spacial score (nSPS) is 12.4. The fourth-order valence-electron chi connectivity index (χ4n) is 2.11. The van der Waals surface area contributed by atoms with Gasteiger partial charge in [0.15, 0.2) is 0 Å². The van der Waals surface area contributed by atoms with E-state index in [1.54, 1.807) is 12.1 Å². The minimum absolute atomic E-state index is 0.479. The Morgan fingerprint density at radius 3 is 2.18 bits per heavy atom. The van der Waals surface area contributed by atoms with Crippen molar-refractivity contribution < 1.29 is 9.90 Å². The van der Waals surface area contributed by atoms with Gasteiger partial charge < -0.3 is 5.11 Å². The van der Waals surface area contributed by atoms with E-state index in [1.165, 1.54) is 17.3 Å². The Hall–Kier alpha value is -1.45. The Morgan fingerprint density at radius 1 is 1.09 bits per heavy atom. The molecule has 1 atom stereocenters. The lowest BCUT2D eigenvalue weighted by Gasteiger charge is -2.13. The van der Waals surface area contributed by atoms with E-state index in [4.69, 9.17) is 11.6 Å². The van der Waals surface area contributed by atoms with E-state index in [0.29, 0.717) is 17.4 Å². The summed E-state index contributed by atoms with van der Waals surface area (Å²) in [6, 6.07) is 15.5. The lowest BCUT2D eigenvalue weighted by Crippen LogP contribution is -2.19. The summed E-state index contributed by atoms with van der Waals surface area (Å²) in [4.78, 5) is 12.4. The van der Waals surface area contributed by atoms with Crippen molar-refractivity contribution >= 4 is 29.3 Å². The maximum absolute atomic E-state index is 11.5. The molecule has 0 saturated heterocycles. The predicted molar refractivity (Wildman–Crippen MR) is 93.0 cm³/mol. The Labute approximate surface area is 140 Å². The Bertz CT molecular complexity index is 621. The number of carboxylic acid groups (broad SMARTS) is 1. The van der Waals surface area contributed by atoms with Crippen molar-refractivity contribution in [3.63, 3.8) is 0 Å². The van der Waals surface area contributed by atoms with Gasteiger partial charge >= 0.3 is 5.97 Å². The third kappa shape index (κ3) is 4.79. The molecule has 0 aliphatic carbocycles. The molecular formula is C18H19ClO2S. The average Bonchev–Trinajstić information content (AvgIpc) is 2.49. The third-order valence-electron chi connectivity index (χ3n) is 3.43. The lowest BCUT2D eigenvalue weighted by atomic mass is 10.0. The van der Waals surface area contributed by atoms with Gasteiger partial charge in [-0.2, -0.15) is 0 Å². The molecule has 2 rings (SSSR count). The number of carbonyl (C=O) groups is 1. The first-order chi connectivity index (χ1) is 10.5. The molecule has 0 spiro atoms. The van der Waals surface area contributed by atoms with Crippen molar-refractivity contribution in [2.24, 2.45) is 0 Å². The van der Waals surface area contributed by atoms with Crippen LogP contribution in [0.25, 0.3) is 0 Å². The first kappa shape index (κ1) is 16.9. The number of hydrogen-bond acceptors (Lipinski definition) is 2. The second-order valence-electron chi connectivity index (χ2n) is 5.50. The van der Waals surface area contributed by atoms with Gasteiger partial charge in [-0.15, -0.1) is 11.8 Å². The van der Waals surface area contributed by atoms with Crippen molar-refractivity contribution in [1.29, 1.82) is 0 Å². The minimum Gasteiger partial charge on any atom is -0.480 e. The third-order valence-corrected chi connectivity index (χ3v) is 4.88. The SMILES string of the molecule is CC(C)c1ccc(C[C@@H](Sc2ccc(Cl)cc2)C(=O)O)cc1. The van der Waals surface area contributed by atoms with Crippen LogP contribution in [0.4, 0.5) is 0 Å². The van der Waals surface area contributed by atoms with E-state index in [-0.39, 0.29) is 0 Å². The van der Waals surface area contributed by atoms with Gasteiger partial charge in [0.2, 0.25) is 0 Å². The number of thioether (sulfide) groups is 1. The van der Waals surface area contributed by atoms with Crippen LogP contribution in [0.3, 0.4) is 0 Å². The molecule has 0 bridgehead atoms. The zero-order chi connectivity index (χ0) is 16.1. The van der Waals surface area contributed by atoms with Crippen LogP contribution in [0.5, 0.6) is 0 Å². The van der Waals surface area contributed by atoms with Crippen LogP contribution in [0.15, 0.2) is 53.4 Å². The summed E-state index contributed by atoms with van der Waals surface area (Å²) in [5.41, 5.74) is 2.30. The van der Waals surface area contributed by atoms with Gasteiger partial charge in [-0.1, -0.05) is 49.7 Å². The Balaban J connectivity index is 2.08. The fourth-order valence-corrected chi connectivity index (χ4v) is 3.23. The highest BCUT2D eigenvalue weighted by molar-refractivity contribution is 8.00. The molecule has 2 aromatic rings. The molecule has 0 fully saturated rings. The summed E-state index contributed by atoms with van der Waals surface area (Å²) < 4.78 is 0. The highest BCUT2D eigenvalue weighted by Crippen LogP contribution is 2.27. The molecule has 0 heterocycles. The first-order valence-corrected chi connectivity index (χ1v) is 8.45. The van der Waals surface area contributed by atoms with Gasteiger partial charge in [-0.25, -0.2) is 0 Å². The number of carboxylic acids is 1. The van der Waals surface area contributed by atoms with Crippen LogP contribution in [-0.2, 0) is 11.2 Å². The predicted octanol–water partition coefficient (Wildman–Crippen LogP) is 5.25. The zero-order valence-electron chi connectivity index (χ0n) is 12.6. The van der Waals surface area contributed by atoms with Gasteiger partial charge in [0.25, 0.3) is 0 Å². The van der Waals surface area contributed by atoms with Crippen molar-refractivity contribution in [3.8, 4) is 0 Å². The molecule has 2 nitrogen and oxygen atoms in total. The van der Waals surface area contributed by atoms with Crippen LogP contribution in [-0.4, -0.2) is 16.3 Å². The largest absolute Gasteiger partial charge is 0.480 e. The number of hydrogen-bond donors (Lipinski definition) is 1. The molecule has 0 aliphatic heterocycles. The summed E-state index contributed by atoms with van der Waals surface area (Å²) in [6.07, 6.45) is 0.501. The van der Waals surface area contributed by atoms with E-state index in [1.807, 2.05) is 24.3 Å². The summed E-state index contributed by atoms with van der Waals surface area (Å²) >= 11 is 7.21. The number of aliphatic carboxylic acids is 1. The molecule has 0 aliphatic rings. The Morgan fingerprint density at radius 2 is 1.68 bits per heavy atom. The molecule has 1 N–H and O–H groups in total. The summed E-state index contributed by atoms with van der Waals surface area (Å²) in [7, 11) is 0. The molecule has 0 radical (unpaired) electrons. The molecule has 0 aromatic heterocycles. The first-order valence-electron chi connectivity index (χ1n) is 7.19. The van der Waals surface area contributed by atoms with E-state index in [2.05, 4.69) is 26.0 Å². The van der Waals surface area contributed by atoms with Crippen LogP contribution in [0.1, 0.15) is 30.9 Å². The minimum atomic E-state index is -0.798. The van der Waals surface area contributed by atoms with E-state index in [0.717, 1.165) is 10.5 Å². The fraction of sp³-hybridized carbons (Fsp3) is 0.278. The molecule has 4 heteroatoms. The van der Waals surface area contributed by atoms with Crippen LogP contribution < -0.4 is 0 Å². The molecule has 0 saturated carbocycles. The maximum Gasteiger partial charge on any atom is 0.317 e. The topological polar surface area (TPSA) is 37.3 Å². The lowest BCUT2D eigenvalue weighted by molar-refractivity contribution is -0.136. The van der Waals surface area contributed by atoms with Crippen LogP contribution >= 0.6 is 23.4 Å². The smallest absolute Gasteiger partial charge is 0.317 e. The van der Waals surface area contributed by atoms with Gasteiger partial charge in [-0.05, 0) is 47.7 Å². The van der Waals surface area contributed by atoms with Crippen LogP contribution in [0.2, 0.25) is 5.02 Å². The quantitative estimate of drug-likeness (QED) is 0.733. The zero-order valence-corrected chi connectivity index (χ0v) is 14.2. The van der Waals surface area contributed by atoms with Crippen molar-refractivity contribution in [2.75, 3.05) is 0 Å². The molecule has 0 unspecified atom stereocenters. The van der Waals surface area contributed by atoms with Crippen molar-refractivity contribution in [2.45, 2.75) is 36.3 Å². The highest BCUT2D eigenvalue weighted by atomic mass is 35.5. The second-order valence-corrected chi connectivity index (χ2v) is 7.21. The summed E-state index contributed by atoms with van der Waals surface area (Å²) in [6.45, 7) is 4.29. The molecular weight excluding hydrogens is 316 g/mol. The highest BCUT2D eigenvalue weighted by Gasteiger charge is 2.19. The molecule has 0 amide bonds. The molecule has 2 aromatic carbocycles. The Kier molecular flexibility index (Phi) is 5.92.